The molecule has 0 aromatic heterocycles. The number of nitrogens with one attached hydrogen (secondary N) is 1. The van der Waals surface area contributed by atoms with Crippen molar-refractivity contribution in [3.63, 3.8) is 0 Å². The summed E-state index contributed by atoms with van der Waals surface area (Å²) in [5, 5.41) is 21.4. The predicted molar refractivity (Wildman–Crippen MR) is 79.1 cm³/mol. The maximum absolute atomic E-state index is 12.4. The van der Waals surface area contributed by atoms with E-state index in [1.54, 1.807) is 13.8 Å². The largest absolute Gasteiger partial charge is 0.394 e. The van der Waals surface area contributed by atoms with Crippen LogP contribution in [-0.2, 0) is 14.8 Å². The van der Waals surface area contributed by atoms with Gasteiger partial charge in [-0.2, -0.15) is 4.31 Å². The van der Waals surface area contributed by atoms with Gasteiger partial charge in [0.05, 0.1) is 24.5 Å². The van der Waals surface area contributed by atoms with Crippen LogP contribution in [0.5, 0.6) is 0 Å². The summed E-state index contributed by atoms with van der Waals surface area (Å²) in [5.74, 6) is -0.424. The third-order valence-electron chi connectivity index (χ3n) is 4.00. The molecule has 0 aromatic carbocycles. The number of hydrogen-bond acceptors (Lipinski definition) is 5. The van der Waals surface area contributed by atoms with Crippen LogP contribution in [0.15, 0.2) is 0 Å². The normalized spacial score (nSPS) is 20.7. The summed E-state index contributed by atoms with van der Waals surface area (Å²) < 4.78 is 25.6. The third-order valence-corrected chi connectivity index (χ3v) is 6.07. The molecule has 0 bridgehead atoms. The average molecular weight is 322 g/mol. The maximum Gasteiger partial charge on any atom is 0.239 e. The van der Waals surface area contributed by atoms with Gasteiger partial charge in [0.15, 0.2) is 0 Å². The van der Waals surface area contributed by atoms with Crippen LogP contribution in [-0.4, -0.2) is 65.9 Å². The van der Waals surface area contributed by atoms with E-state index in [1.165, 1.54) is 4.31 Å². The second kappa shape index (κ2) is 7.53. The standard InChI is InChI=1S/C13H26N2O5S/c1-3-8-21(19,20)15-7-5-6-11(15)12(18)14-13(4-2,9-16)10-17/h11,16-17H,3-10H2,1-2H3,(H,14,18). The van der Waals surface area contributed by atoms with Crippen LogP contribution in [0.2, 0.25) is 0 Å². The summed E-state index contributed by atoms with van der Waals surface area (Å²) in [4.78, 5) is 12.4. The molecule has 0 radical (unpaired) electrons. The number of rotatable bonds is 8. The molecular formula is C13H26N2O5S. The second-order valence-electron chi connectivity index (χ2n) is 5.52. The van der Waals surface area contributed by atoms with Gasteiger partial charge in [-0.15, -0.1) is 0 Å². The van der Waals surface area contributed by atoms with Gasteiger partial charge in [-0.3, -0.25) is 4.79 Å². The molecule has 1 aliphatic rings. The zero-order valence-electron chi connectivity index (χ0n) is 12.7. The molecule has 21 heavy (non-hydrogen) atoms. The lowest BCUT2D eigenvalue weighted by molar-refractivity contribution is -0.127. The summed E-state index contributed by atoms with van der Waals surface area (Å²) >= 11 is 0. The average Bonchev–Trinajstić information content (AvgIpc) is 2.95. The fraction of sp³-hybridized carbons (Fsp3) is 0.923. The maximum atomic E-state index is 12.4. The molecule has 0 aromatic rings. The van der Waals surface area contributed by atoms with Gasteiger partial charge >= 0.3 is 0 Å². The van der Waals surface area contributed by atoms with Crippen LogP contribution in [0.1, 0.15) is 39.5 Å². The molecule has 1 rings (SSSR count). The molecule has 0 saturated carbocycles. The molecule has 124 valence electrons. The Morgan fingerprint density at radius 1 is 1.33 bits per heavy atom. The summed E-state index contributed by atoms with van der Waals surface area (Å²) in [7, 11) is -3.43. The zero-order valence-corrected chi connectivity index (χ0v) is 13.5. The molecule has 1 amide bonds. The van der Waals surface area contributed by atoms with Crippen LogP contribution in [0.25, 0.3) is 0 Å². The fourth-order valence-corrected chi connectivity index (χ4v) is 4.24. The Kier molecular flexibility index (Phi) is 6.58. The van der Waals surface area contributed by atoms with Crippen molar-refractivity contribution >= 4 is 15.9 Å². The van der Waals surface area contributed by atoms with Crippen molar-refractivity contribution in [2.24, 2.45) is 0 Å². The number of aliphatic hydroxyl groups is 2. The molecule has 3 N–H and O–H groups in total. The molecule has 1 fully saturated rings. The molecule has 1 aliphatic heterocycles. The zero-order chi connectivity index (χ0) is 16.1. The van der Waals surface area contributed by atoms with Gasteiger partial charge in [0.25, 0.3) is 0 Å². The molecule has 7 nitrogen and oxygen atoms in total. The van der Waals surface area contributed by atoms with E-state index < -0.39 is 27.5 Å². The Labute approximate surface area is 126 Å². The third kappa shape index (κ3) is 4.15. The molecule has 1 unspecified atom stereocenters. The van der Waals surface area contributed by atoms with E-state index >= 15 is 0 Å². The van der Waals surface area contributed by atoms with Gasteiger partial charge in [0, 0.05) is 6.54 Å². The molecule has 1 atom stereocenters. The highest BCUT2D eigenvalue weighted by Crippen LogP contribution is 2.23. The van der Waals surface area contributed by atoms with Crippen LogP contribution in [0, 0.1) is 0 Å². The Morgan fingerprint density at radius 2 is 1.95 bits per heavy atom. The van der Waals surface area contributed by atoms with Gasteiger partial charge in [-0.1, -0.05) is 13.8 Å². The smallest absolute Gasteiger partial charge is 0.239 e. The Balaban J connectivity index is 2.86. The first kappa shape index (κ1) is 18.3. The van der Waals surface area contributed by atoms with Gasteiger partial charge in [-0.25, -0.2) is 8.42 Å². The van der Waals surface area contributed by atoms with Crippen molar-refractivity contribution < 1.29 is 23.4 Å². The Hall–Kier alpha value is -0.700. The lowest BCUT2D eigenvalue weighted by Crippen LogP contribution is -2.58. The van der Waals surface area contributed by atoms with Crippen LogP contribution in [0.3, 0.4) is 0 Å². The van der Waals surface area contributed by atoms with E-state index in [0.29, 0.717) is 32.2 Å². The van der Waals surface area contributed by atoms with E-state index in [9.17, 15) is 23.4 Å². The quantitative estimate of drug-likeness (QED) is 0.555. The minimum Gasteiger partial charge on any atom is -0.394 e. The topological polar surface area (TPSA) is 107 Å². The SMILES string of the molecule is CCCS(=O)(=O)N1CCCC1C(=O)NC(CC)(CO)CO. The summed E-state index contributed by atoms with van der Waals surface area (Å²) in [6.07, 6.45) is 1.96. The van der Waals surface area contributed by atoms with Crippen LogP contribution in [0.4, 0.5) is 0 Å². The minimum atomic E-state index is -3.43. The van der Waals surface area contributed by atoms with Crippen molar-refractivity contribution in [3.05, 3.63) is 0 Å². The molecule has 8 heteroatoms. The van der Waals surface area contributed by atoms with E-state index in [0.717, 1.165) is 0 Å². The van der Waals surface area contributed by atoms with E-state index in [4.69, 9.17) is 0 Å². The summed E-state index contributed by atoms with van der Waals surface area (Å²) in [5.41, 5.74) is -1.10. The van der Waals surface area contributed by atoms with Crippen LogP contribution < -0.4 is 5.32 Å². The highest BCUT2D eigenvalue weighted by molar-refractivity contribution is 7.89. The van der Waals surface area contributed by atoms with Gasteiger partial charge in [0.1, 0.15) is 6.04 Å². The first-order chi connectivity index (χ1) is 9.85. The number of amides is 1. The Bertz CT molecular complexity index is 439. The van der Waals surface area contributed by atoms with Crippen molar-refractivity contribution in [1.82, 2.24) is 9.62 Å². The summed E-state index contributed by atoms with van der Waals surface area (Å²) in [6, 6.07) is -0.745. The molecule has 0 spiro atoms. The monoisotopic (exact) mass is 322 g/mol. The lowest BCUT2D eigenvalue weighted by atomic mass is 9.97. The first-order valence-electron chi connectivity index (χ1n) is 7.39. The van der Waals surface area contributed by atoms with Gasteiger partial charge < -0.3 is 15.5 Å². The number of sulfonamides is 1. The lowest BCUT2D eigenvalue weighted by Gasteiger charge is -2.32. The number of carbonyl (C=O) groups excluding carboxylic acids is 1. The van der Waals surface area contributed by atoms with Crippen molar-refractivity contribution in [1.29, 1.82) is 0 Å². The number of nitrogens with zero attached hydrogens (tertiary/aromatic N) is 1. The van der Waals surface area contributed by atoms with Gasteiger partial charge in [0.2, 0.25) is 15.9 Å². The van der Waals surface area contributed by atoms with E-state index in [1.807, 2.05) is 0 Å². The van der Waals surface area contributed by atoms with Crippen LogP contribution >= 0.6 is 0 Å². The molecule has 1 saturated heterocycles. The number of hydrogen-bond donors (Lipinski definition) is 3. The fourth-order valence-electron chi connectivity index (χ4n) is 2.50. The molecule has 0 aliphatic carbocycles. The summed E-state index contributed by atoms with van der Waals surface area (Å²) in [6.45, 7) is 3.09. The molecule has 1 heterocycles. The second-order valence-corrected chi connectivity index (χ2v) is 7.57. The van der Waals surface area contributed by atoms with E-state index in [2.05, 4.69) is 5.32 Å². The number of carbonyl (C=O) groups is 1. The van der Waals surface area contributed by atoms with Crippen molar-refractivity contribution in [3.8, 4) is 0 Å². The van der Waals surface area contributed by atoms with Crippen molar-refractivity contribution in [2.45, 2.75) is 51.1 Å². The first-order valence-corrected chi connectivity index (χ1v) is 9.00. The minimum absolute atomic E-state index is 0.0235. The Morgan fingerprint density at radius 3 is 2.43 bits per heavy atom. The number of aliphatic hydroxyl groups excluding tert-OH is 2. The van der Waals surface area contributed by atoms with Gasteiger partial charge in [-0.05, 0) is 25.7 Å². The van der Waals surface area contributed by atoms with Crippen molar-refractivity contribution in [2.75, 3.05) is 25.5 Å². The molecular weight excluding hydrogens is 296 g/mol. The highest BCUT2D eigenvalue weighted by atomic mass is 32.2. The highest BCUT2D eigenvalue weighted by Gasteiger charge is 2.40. The predicted octanol–water partition coefficient (Wildman–Crippen LogP) is -0.560. The van der Waals surface area contributed by atoms with E-state index in [-0.39, 0.29) is 19.0 Å².